The summed E-state index contributed by atoms with van der Waals surface area (Å²) in [5, 5.41) is 3.34. The summed E-state index contributed by atoms with van der Waals surface area (Å²) in [7, 11) is 0. The zero-order chi connectivity index (χ0) is 19.3. The number of hydrogen-bond acceptors (Lipinski definition) is 3. The molecule has 5 nitrogen and oxygen atoms in total. The summed E-state index contributed by atoms with van der Waals surface area (Å²) in [6.45, 7) is 4.10. The zero-order valence-corrected chi connectivity index (χ0v) is 17.7. The topological polar surface area (TPSA) is 53.9 Å². The van der Waals surface area contributed by atoms with Gasteiger partial charge in [-0.25, -0.2) is 9.67 Å². The van der Waals surface area contributed by atoms with E-state index in [9.17, 15) is 4.79 Å². The summed E-state index contributed by atoms with van der Waals surface area (Å²) in [6.07, 6.45) is 7.06. The molecule has 0 amide bonds. The lowest BCUT2D eigenvalue weighted by molar-refractivity contribution is 0.166. The second-order valence-electron chi connectivity index (χ2n) is 7.55. The molecule has 1 unspecified atom stereocenters. The van der Waals surface area contributed by atoms with Crippen LogP contribution in [0.2, 0.25) is 0 Å². The molecule has 1 aliphatic carbocycles. The molecule has 0 aliphatic heterocycles. The number of nitrogens with zero attached hydrogens (tertiary/aromatic N) is 3. The monoisotopic (exact) mass is 412 g/mol. The van der Waals surface area contributed by atoms with Gasteiger partial charge in [-0.3, -0.25) is 14.8 Å². The minimum absolute atomic E-state index is 0. The molecule has 1 atom stereocenters. The Morgan fingerprint density at radius 1 is 1.17 bits per heavy atom. The lowest BCUT2D eigenvalue weighted by atomic mass is 9.91. The smallest absolute Gasteiger partial charge is 0.277 e. The van der Waals surface area contributed by atoms with Crippen LogP contribution in [0.3, 0.4) is 0 Å². The first-order valence-electron chi connectivity index (χ1n) is 10.3. The fraction of sp³-hybridized carbons (Fsp3) is 0.391. The van der Waals surface area contributed by atoms with Crippen molar-refractivity contribution >= 4 is 12.4 Å². The average Bonchev–Trinajstić information content (AvgIpc) is 3.09. The van der Waals surface area contributed by atoms with Crippen molar-refractivity contribution in [3.63, 3.8) is 0 Å². The van der Waals surface area contributed by atoms with Gasteiger partial charge in [-0.05, 0) is 49.9 Å². The minimum atomic E-state index is 0. The Morgan fingerprint density at radius 2 is 1.97 bits per heavy atom. The molecule has 4 rings (SSSR count). The van der Waals surface area contributed by atoms with Gasteiger partial charge in [-0.2, -0.15) is 0 Å². The SMILES string of the molecule is CCCCN(Cc1ccccc1)C1CCCc2[nH]n(-c3ccccn3)c(=O)c21.Cl. The van der Waals surface area contributed by atoms with Crippen molar-refractivity contribution in [2.45, 2.75) is 51.6 Å². The maximum Gasteiger partial charge on any atom is 0.277 e. The van der Waals surface area contributed by atoms with Crippen molar-refractivity contribution in [2.24, 2.45) is 0 Å². The summed E-state index contributed by atoms with van der Waals surface area (Å²) < 4.78 is 1.61. The van der Waals surface area contributed by atoms with Crippen molar-refractivity contribution in [3.8, 4) is 5.82 Å². The second kappa shape index (κ2) is 9.90. The average molecular weight is 413 g/mol. The van der Waals surface area contributed by atoms with Crippen LogP contribution in [0, 0.1) is 0 Å². The Hall–Kier alpha value is -2.37. The summed E-state index contributed by atoms with van der Waals surface area (Å²) in [4.78, 5) is 20.2. The molecule has 0 fully saturated rings. The van der Waals surface area contributed by atoms with E-state index in [0.717, 1.165) is 56.5 Å². The molecule has 0 bridgehead atoms. The molecule has 0 spiro atoms. The highest BCUT2D eigenvalue weighted by Gasteiger charge is 2.31. The van der Waals surface area contributed by atoms with Gasteiger partial charge in [0.2, 0.25) is 0 Å². The Bertz CT molecular complexity index is 952. The zero-order valence-electron chi connectivity index (χ0n) is 16.9. The second-order valence-corrected chi connectivity index (χ2v) is 7.55. The fourth-order valence-electron chi connectivity index (χ4n) is 4.18. The summed E-state index contributed by atoms with van der Waals surface area (Å²) in [5.41, 5.74) is 3.35. The predicted molar refractivity (Wildman–Crippen MR) is 119 cm³/mol. The molecule has 29 heavy (non-hydrogen) atoms. The highest BCUT2D eigenvalue weighted by Crippen LogP contribution is 2.33. The molecule has 154 valence electrons. The first-order valence-corrected chi connectivity index (χ1v) is 10.3. The molecule has 3 aromatic rings. The molecule has 2 aromatic heterocycles. The summed E-state index contributed by atoms with van der Waals surface area (Å²) in [5.74, 6) is 0.656. The van der Waals surface area contributed by atoms with Gasteiger partial charge in [0.1, 0.15) is 0 Å². The van der Waals surface area contributed by atoms with E-state index in [1.54, 1.807) is 10.9 Å². The fourth-order valence-corrected chi connectivity index (χ4v) is 4.18. The van der Waals surface area contributed by atoms with Gasteiger partial charge in [0.05, 0.1) is 5.56 Å². The number of benzene rings is 1. The van der Waals surface area contributed by atoms with Gasteiger partial charge in [0, 0.05) is 24.5 Å². The van der Waals surface area contributed by atoms with Crippen LogP contribution >= 0.6 is 12.4 Å². The molecular weight excluding hydrogens is 384 g/mol. The first-order chi connectivity index (χ1) is 13.8. The quantitative estimate of drug-likeness (QED) is 0.613. The van der Waals surface area contributed by atoms with Gasteiger partial charge in [-0.15, -0.1) is 12.4 Å². The van der Waals surface area contributed by atoms with Crippen LogP contribution in [0.1, 0.15) is 55.5 Å². The molecule has 0 saturated heterocycles. The van der Waals surface area contributed by atoms with E-state index in [1.807, 2.05) is 18.2 Å². The molecular formula is C23H29ClN4O. The molecule has 6 heteroatoms. The van der Waals surface area contributed by atoms with Gasteiger partial charge in [0.15, 0.2) is 5.82 Å². The van der Waals surface area contributed by atoms with Crippen LogP contribution < -0.4 is 5.56 Å². The molecule has 1 N–H and O–H groups in total. The third-order valence-corrected chi connectivity index (χ3v) is 5.59. The highest BCUT2D eigenvalue weighted by atomic mass is 35.5. The maximum absolute atomic E-state index is 13.3. The van der Waals surface area contributed by atoms with Crippen molar-refractivity contribution in [1.82, 2.24) is 19.7 Å². The van der Waals surface area contributed by atoms with E-state index in [2.05, 4.69) is 52.2 Å². The van der Waals surface area contributed by atoms with E-state index in [4.69, 9.17) is 0 Å². The number of hydrogen-bond donors (Lipinski definition) is 1. The first kappa shape index (κ1) is 21.3. The highest BCUT2D eigenvalue weighted by molar-refractivity contribution is 5.85. The number of halogens is 1. The van der Waals surface area contributed by atoms with E-state index in [-0.39, 0.29) is 24.0 Å². The number of H-pyrrole nitrogens is 1. The van der Waals surface area contributed by atoms with Gasteiger partial charge >= 0.3 is 0 Å². The number of aryl methyl sites for hydroxylation is 1. The van der Waals surface area contributed by atoms with Gasteiger partial charge < -0.3 is 0 Å². The normalized spacial score (nSPS) is 15.7. The number of fused-ring (bicyclic) bond motifs is 1. The van der Waals surface area contributed by atoms with Crippen molar-refractivity contribution in [2.75, 3.05) is 6.54 Å². The number of rotatable bonds is 7. The Labute approximate surface area is 178 Å². The lowest BCUT2D eigenvalue weighted by Gasteiger charge is -2.33. The lowest BCUT2D eigenvalue weighted by Crippen LogP contribution is -2.35. The summed E-state index contributed by atoms with van der Waals surface area (Å²) >= 11 is 0. The van der Waals surface area contributed by atoms with E-state index in [0.29, 0.717) is 5.82 Å². The molecule has 1 aromatic carbocycles. The Morgan fingerprint density at radius 3 is 2.69 bits per heavy atom. The standard InChI is InChI=1S/C23H28N4O.ClH/c1-2-3-16-26(17-18-10-5-4-6-11-18)20-13-9-12-19-22(20)23(28)27(25-19)21-14-7-8-15-24-21;/h4-8,10-11,14-15,20,25H,2-3,9,12-13,16-17H2,1H3;1H. The number of pyridine rings is 1. The molecule has 2 heterocycles. The van der Waals surface area contributed by atoms with Crippen LogP contribution in [0.5, 0.6) is 0 Å². The van der Waals surface area contributed by atoms with Crippen molar-refractivity contribution in [3.05, 3.63) is 81.9 Å². The number of aromatic nitrogens is 3. The van der Waals surface area contributed by atoms with Crippen molar-refractivity contribution < 1.29 is 0 Å². The van der Waals surface area contributed by atoms with Gasteiger partial charge in [0.25, 0.3) is 5.56 Å². The third-order valence-electron chi connectivity index (χ3n) is 5.59. The Balaban J connectivity index is 0.00000240. The molecule has 0 saturated carbocycles. The van der Waals surface area contributed by atoms with E-state index < -0.39 is 0 Å². The van der Waals surface area contributed by atoms with Crippen LogP contribution in [0.15, 0.2) is 59.5 Å². The van der Waals surface area contributed by atoms with E-state index >= 15 is 0 Å². The summed E-state index contributed by atoms with van der Waals surface area (Å²) in [6, 6.07) is 16.4. The molecule has 1 aliphatic rings. The van der Waals surface area contributed by atoms with Crippen LogP contribution in [0.25, 0.3) is 5.82 Å². The molecule has 0 radical (unpaired) electrons. The van der Waals surface area contributed by atoms with Crippen LogP contribution in [-0.2, 0) is 13.0 Å². The van der Waals surface area contributed by atoms with Gasteiger partial charge in [-0.1, -0.05) is 49.7 Å². The largest absolute Gasteiger partial charge is 0.293 e. The van der Waals surface area contributed by atoms with E-state index in [1.165, 1.54) is 5.56 Å². The van der Waals surface area contributed by atoms with Crippen LogP contribution in [0.4, 0.5) is 0 Å². The predicted octanol–water partition coefficient (Wildman–Crippen LogP) is 4.66. The number of nitrogens with one attached hydrogen (secondary N) is 1. The number of aromatic amines is 1. The Kier molecular flexibility index (Phi) is 7.29. The third kappa shape index (κ3) is 4.62. The number of unbranched alkanes of at least 4 members (excludes halogenated alkanes) is 1. The van der Waals surface area contributed by atoms with Crippen LogP contribution in [-0.4, -0.2) is 26.2 Å². The minimum Gasteiger partial charge on any atom is -0.293 e. The van der Waals surface area contributed by atoms with Crippen molar-refractivity contribution in [1.29, 1.82) is 0 Å². The maximum atomic E-state index is 13.3.